The van der Waals surface area contributed by atoms with E-state index < -0.39 is 11.8 Å². The van der Waals surface area contributed by atoms with Crippen molar-refractivity contribution in [2.24, 2.45) is 0 Å². The van der Waals surface area contributed by atoms with Gasteiger partial charge in [0.2, 0.25) is 5.78 Å². The molecule has 0 aliphatic carbocycles. The fourth-order valence-electron chi connectivity index (χ4n) is 1.17. The van der Waals surface area contributed by atoms with Gasteiger partial charge in [-0.15, -0.1) is 0 Å². The van der Waals surface area contributed by atoms with Gasteiger partial charge in [0.05, 0.1) is 14.2 Å². The second-order valence-electron chi connectivity index (χ2n) is 3.05. The monoisotopic (exact) mass is 286 g/mol. The Morgan fingerprint density at radius 3 is 2.56 bits per heavy atom. The molecule has 0 unspecified atom stereocenters. The Hall–Kier alpha value is -1.36. The van der Waals surface area contributed by atoms with Crippen molar-refractivity contribution in [1.29, 1.82) is 0 Å². The fraction of sp³-hybridized carbons (Fsp3) is 0.273. The zero-order valence-electron chi connectivity index (χ0n) is 8.95. The molecule has 1 aromatic carbocycles. The molecule has 0 saturated heterocycles. The number of carbonyl (C=O) groups is 2. The summed E-state index contributed by atoms with van der Waals surface area (Å²) in [6.45, 7) is 0. The van der Waals surface area contributed by atoms with Crippen LogP contribution < -0.4 is 4.74 Å². The molecule has 0 saturated carbocycles. The van der Waals surface area contributed by atoms with Gasteiger partial charge in [-0.25, -0.2) is 4.79 Å². The lowest BCUT2D eigenvalue weighted by Crippen LogP contribution is -2.17. The van der Waals surface area contributed by atoms with E-state index in [-0.39, 0.29) is 6.42 Å². The maximum Gasteiger partial charge on any atom is 0.374 e. The number of halogens is 1. The largest absolute Gasteiger partial charge is 0.497 e. The first-order chi connectivity index (χ1) is 7.58. The predicted molar refractivity (Wildman–Crippen MR) is 61.4 cm³/mol. The molecule has 4 nitrogen and oxygen atoms in total. The normalized spacial score (nSPS) is 9.69. The van der Waals surface area contributed by atoms with Crippen molar-refractivity contribution in [3.8, 4) is 5.75 Å². The minimum Gasteiger partial charge on any atom is -0.497 e. The average molecular weight is 287 g/mol. The van der Waals surface area contributed by atoms with E-state index in [0.717, 1.165) is 4.47 Å². The SMILES string of the molecule is COC(=O)C(=O)Cc1cc(OC)ccc1Br. The molecule has 0 aromatic heterocycles. The van der Waals surface area contributed by atoms with Crippen molar-refractivity contribution < 1.29 is 19.1 Å². The topological polar surface area (TPSA) is 52.6 Å². The van der Waals surface area contributed by atoms with Gasteiger partial charge < -0.3 is 9.47 Å². The number of benzene rings is 1. The number of methoxy groups -OCH3 is 2. The van der Waals surface area contributed by atoms with E-state index in [1.54, 1.807) is 18.2 Å². The van der Waals surface area contributed by atoms with Gasteiger partial charge in [-0.1, -0.05) is 15.9 Å². The molecule has 0 aliphatic rings. The Morgan fingerprint density at radius 1 is 1.31 bits per heavy atom. The zero-order chi connectivity index (χ0) is 12.1. The molecule has 5 heteroatoms. The van der Waals surface area contributed by atoms with Crippen LogP contribution >= 0.6 is 15.9 Å². The van der Waals surface area contributed by atoms with Crippen molar-refractivity contribution in [2.75, 3.05) is 14.2 Å². The highest BCUT2D eigenvalue weighted by atomic mass is 79.9. The van der Waals surface area contributed by atoms with Crippen LogP contribution in [0.1, 0.15) is 5.56 Å². The average Bonchev–Trinajstić information content (AvgIpc) is 2.30. The maximum atomic E-state index is 11.4. The van der Waals surface area contributed by atoms with Gasteiger partial charge in [0.15, 0.2) is 0 Å². The lowest BCUT2D eigenvalue weighted by atomic mass is 10.1. The van der Waals surface area contributed by atoms with Crippen LogP contribution in [0.25, 0.3) is 0 Å². The van der Waals surface area contributed by atoms with Crippen LogP contribution in [0.5, 0.6) is 5.75 Å². The molecule has 0 spiro atoms. The number of carbonyl (C=O) groups excluding carboxylic acids is 2. The Labute approximate surface area is 102 Å². The summed E-state index contributed by atoms with van der Waals surface area (Å²) in [5, 5.41) is 0. The van der Waals surface area contributed by atoms with E-state index in [4.69, 9.17) is 4.74 Å². The van der Waals surface area contributed by atoms with Crippen LogP contribution in [-0.2, 0) is 20.7 Å². The second kappa shape index (κ2) is 5.65. The fourth-order valence-corrected chi connectivity index (χ4v) is 1.56. The summed E-state index contributed by atoms with van der Waals surface area (Å²) in [7, 11) is 2.72. The number of ketones is 1. The third-order valence-corrected chi connectivity index (χ3v) is 2.79. The third kappa shape index (κ3) is 3.06. The van der Waals surface area contributed by atoms with Crippen LogP contribution in [0.15, 0.2) is 22.7 Å². The van der Waals surface area contributed by atoms with Gasteiger partial charge in [0, 0.05) is 10.9 Å². The van der Waals surface area contributed by atoms with Gasteiger partial charge >= 0.3 is 5.97 Å². The Balaban J connectivity index is 2.88. The molecular formula is C11H11BrO4. The van der Waals surface area contributed by atoms with E-state index in [9.17, 15) is 9.59 Å². The summed E-state index contributed by atoms with van der Waals surface area (Å²) < 4.78 is 10.1. The van der Waals surface area contributed by atoms with E-state index >= 15 is 0 Å². The molecule has 1 aromatic rings. The van der Waals surface area contributed by atoms with Gasteiger partial charge in [0.25, 0.3) is 0 Å². The smallest absolute Gasteiger partial charge is 0.374 e. The molecule has 1 rings (SSSR count). The van der Waals surface area contributed by atoms with Crippen LogP contribution in [-0.4, -0.2) is 26.0 Å². The van der Waals surface area contributed by atoms with E-state index in [1.165, 1.54) is 14.2 Å². The lowest BCUT2D eigenvalue weighted by Gasteiger charge is -2.05. The first kappa shape index (κ1) is 12.7. The summed E-state index contributed by atoms with van der Waals surface area (Å²) >= 11 is 3.30. The van der Waals surface area contributed by atoms with Crippen molar-refractivity contribution in [3.63, 3.8) is 0 Å². The van der Waals surface area contributed by atoms with Crippen LogP contribution in [0.3, 0.4) is 0 Å². The third-order valence-electron chi connectivity index (χ3n) is 2.02. The first-order valence-corrected chi connectivity index (χ1v) is 5.31. The van der Waals surface area contributed by atoms with E-state index in [1.807, 2.05) is 0 Å². The summed E-state index contributed by atoms with van der Waals surface area (Å²) in [4.78, 5) is 22.3. The number of Topliss-reactive ketones (excluding diaryl/α,β-unsaturated/α-hetero) is 1. The van der Waals surface area contributed by atoms with Gasteiger partial charge in [-0.2, -0.15) is 0 Å². The molecule has 0 fully saturated rings. The standard InChI is InChI=1S/C11H11BrO4/c1-15-8-3-4-9(12)7(5-8)6-10(13)11(14)16-2/h3-5H,6H2,1-2H3. The zero-order valence-corrected chi connectivity index (χ0v) is 10.5. The summed E-state index contributed by atoms with van der Waals surface area (Å²) in [6, 6.07) is 5.22. The van der Waals surface area contributed by atoms with Crippen LogP contribution in [0, 0.1) is 0 Å². The van der Waals surface area contributed by atoms with Crippen molar-refractivity contribution in [1.82, 2.24) is 0 Å². The highest BCUT2D eigenvalue weighted by molar-refractivity contribution is 9.10. The van der Waals surface area contributed by atoms with Gasteiger partial charge in [-0.3, -0.25) is 4.79 Å². The molecule has 0 bridgehead atoms. The molecule has 0 atom stereocenters. The Bertz CT molecular complexity index is 414. The molecule has 86 valence electrons. The predicted octanol–water partition coefficient (Wildman–Crippen LogP) is 1.74. The minimum atomic E-state index is -0.838. The lowest BCUT2D eigenvalue weighted by molar-refractivity contribution is -0.151. The molecule has 0 amide bonds. The Kier molecular flexibility index (Phi) is 4.49. The number of hydrogen-bond donors (Lipinski definition) is 0. The van der Waals surface area contributed by atoms with Crippen molar-refractivity contribution in [3.05, 3.63) is 28.2 Å². The first-order valence-electron chi connectivity index (χ1n) is 4.52. The molecule has 16 heavy (non-hydrogen) atoms. The number of ether oxygens (including phenoxy) is 2. The number of rotatable bonds is 4. The quantitative estimate of drug-likeness (QED) is 0.625. The van der Waals surface area contributed by atoms with E-state index in [0.29, 0.717) is 11.3 Å². The second-order valence-corrected chi connectivity index (χ2v) is 3.90. The highest BCUT2D eigenvalue weighted by Gasteiger charge is 2.16. The maximum absolute atomic E-state index is 11.4. The highest BCUT2D eigenvalue weighted by Crippen LogP contribution is 2.23. The van der Waals surface area contributed by atoms with Crippen molar-refractivity contribution in [2.45, 2.75) is 6.42 Å². The van der Waals surface area contributed by atoms with Crippen LogP contribution in [0.2, 0.25) is 0 Å². The van der Waals surface area contributed by atoms with E-state index in [2.05, 4.69) is 20.7 Å². The number of hydrogen-bond acceptors (Lipinski definition) is 4. The molecular weight excluding hydrogens is 276 g/mol. The molecule has 0 aliphatic heterocycles. The Morgan fingerprint density at radius 2 is 2.00 bits per heavy atom. The molecule has 0 radical (unpaired) electrons. The summed E-state index contributed by atoms with van der Waals surface area (Å²) in [5.41, 5.74) is 0.690. The van der Waals surface area contributed by atoms with Crippen LogP contribution in [0.4, 0.5) is 0 Å². The molecule has 0 N–H and O–H groups in total. The summed E-state index contributed by atoms with van der Waals surface area (Å²) in [6.07, 6.45) is -0.00947. The van der Waals surface area contributed by atoms with Gasteiger partial charge in [0.1, 0.15) is 5.75 Å². The number of esters is 1. The summed E-state index contributed by atoms with van der Waals surface area (Å²) in [5.74, 6) is -0.790. The van der Waals surface area contributed by atoms with Crippen molar-refractivity contribution >= 4 is 27.7 Å². The van der Waals surface area contributed by atoms with Gasteiger partial charge in [-0.05, 0) is 23.8 Å². The minimum absolute atomic E-state index is 0.00947. The molecule has 0 heterocycles.